The zero-order valence-corrected chi connectivity index (χ0v) is 16.2. The van der Waals surface area contributed by atoms with Crippen LogP contribution in [0.25, 0.3) is 6.08 Å². The molecule has 0 bridgehead atoms. The molecule has 1 aromatic rings. The van der Waals surface area contributed by atoms with E-state index in [4.69, 9.17) is 28.4 Å². The fourth-order valence-electron chi connectivity index (χ4n) is 4.28. The molecule has 9 heteroatoms. The van der Waals surface area contributed by atoms with Gasteiger partial charge in [0.15, 0.2) is 12.2 Å². The van der Waals surface area contributed by atoms with Crippen LogP contribution in [0.5, 0.6) is 5.75 Å². The van der Waals surface area contributed by atoms with Crippen LogP contribution in [0.3, 0.4) is 0 Å². The lowest BCUT2D eigenvalue weighted by molar-refractivity contribution is -0.147. The van der Waals surface area contributed by atoms with Crippen LogP contribution in [-0.2, 0) is 28.5 Å². The molecule has 9 nitrogen and oxygen atoms in total. The van der Waals surface area contributed by atoms with Crippen LogP contribution in [0.2, 0.25) is 0 Å². The molecule has 4 unspecified atom stereocenters. The zero-order chi connectivity index (χ0) is 20.7. The lowest BCUT2D eigenvalue weighted by atomic mass is 10.1. The Kier molecular flexibility index (Phi) is 5.48. The second-order valence-corrected chi connectivity index (χ2v) is 7.86. The van der Waals surface area contributed by atoms with E-state index in [0.717, 1.165) is 5.56 Å². The summed E-state index contributed by atoms with van der Waals surface area (Å²) in [5.74, 6) is 0.153. The first kappa shape index (κ1) is 19.9. The summed E-state index contributed by atoms with van der Waals surface area (Å²) >= 11 is 0. The Morgan fingerprint density at radius 3 is 2.07 bits per heavy atom. The van der Waals surface area contributed by atoms with Gasteiger partial charge in [0.05, 0.1) is 26.4 Å². The minimum Gasteiger partial charge on any atom is -0.485 e. The smallest absolute Gasteiger partial charge is 0.331 e. The van der Waals surface area contributed by atoms with Crippen molar-refractivity contribution in [3.05, 3.63) is 35.9 Å². The first-order chi connectivity index (χ1) is 14.6. The van der Waals surface area contributed by atoms with Gasteiger partial charge in [0.1, 0.15) is 42.4 Å². The first-order valence-electron chi connectivity index (χ1n) is 10.1. The van der Waals surface area contributed by atoms with Crippen LogP contribution in [0, 0.1) is 0 Å². The molecule has 0 aromatic heterocycles. The van der Waals surface area contributed by atoms with Gasteiger partial charge in [-0.25, -0.2) is 4.79 Å². The summed E-state index contributed by atoms with van der Waals surface area (Å²) in [5, 5.41) is 19.5. The molecule has 162 valence electrons. The van der Waals surface area contributed by atoms with Crippen LogP contribution >= 0.6 is 0 Å². The van der Waals surface area contributed by atoms with Crippen LogP contribution in [0.1, 0.15) is 5.56 Å². The second-order valence-electron chi connectivity index (χ2n) is 7.86. The van der Waals surface area contributed by atoms with Crippen molar-refractivity contribution in [1.29, 1.82) is 0 Å². The maximum Gasteiger partial charge on any atom is 0.331 e. The van der Waals surface area contributed by atoms with Gasteiger partial charge in [0.25, 0.3) is 0 Å². The van der Waals surface area contributed by atoms with E-state index in [1.54, 1.807) is 18.2 Å². The van der Waals surface area contributed by atoms with Crippen molar-refractivity contribution in [3.63, 3.8) is 0 Å². The molecule has 8 atom stereocenters. The van der Waals surface area contributed by atoms with Gasteiger partial charge in [-0.2, -0.15) is 0 Å². The number of carbonyl (C=O) groups excluding carboxylic acids is 1. The fraction of sp³-hybridized carbons (Fsp3) is 0.571. The maximum atomic E-state index is 12.1. The number of rotatable bonds is 5. The lowest BCUT2D eigenvalue weighted by Crippen LogP contribution is -2.34. The number of esters is 1. The molecule has 0 spiro atoms. The first-order valence-corrected chi connectivity index (χ1v) is 10.1. The zero-order valence-electron chi connectivity index (χ0n) is 16.2. The van der Waals surface area contributed by atoms with E-state index in [2.05, 4.69) is 0 Å². The van der Waals surface area contributed by atoms with Crippen LogP contribution in [0.15, 0.2) is 30.3 Å². The minimum atomic E-state index is -0.679. The van der Waals surface area contributed by atoms with Crippen molar-refractivity contribution in [3.8, 4) is 5.75 Å². The normalized spacial score (nSPS) is 39.9. The van der Waals surface area contributed by atoms with E-state index in [1.165, 1.54) is 6.08 Å². The monoisotopic (exact) mass is 420 g/mol. The highest BCUT2D eigenvalue weighted by atomic mass is 16.6. The Balaban J connectivity index is 1.13. The summed E-state index contributed by atoms with van der Waals surface area (Å²) in [7, 11) is 0. The maximum absolute atomic E-state index is 12.1. The number of fused-ring (bicyclic) bond motifs is 2. The van der Waals surface area contributed by atoms with E-state index in [-0.39, 0.29) is 38.1 Å². The van der Waals surface area contributed by atoms with Crippen molar-refractivity contribution >= 4 is 12.0 Å². The average molecular weight is 420 g/mol. The standard InChI is InChI=1S/C21H24O9/c22-13-7-25-20-15(9-27-18(13)20)29-12-4-1-11(2-5-12)3-6-17(24)30-16-10-28-19-14(23)8-26-21(16)19/h1-6,13-16,18-23H,7-10H2/b6-3+/t13-,14+,15+,16-,18?,19?,20?,21?/m0/s1. The third-order valence-electron chi connectivity index (χ3n) is 5.81. The molecule has 2 N–H and O–H groups in total. The molecule has 0 radical (unpaired) electrons. The fourth-order valence-corrected chi connectivity index (χ4v) is 4.28. The minimum absolute atomic E-state index is 0.189. The number of hydrogen-bond donors (Lipinski definition) is 2. The van der Waals surface area contributed by atoms with Gasteiger partial charge in [-0.15, -0.1) is 0 Å². The molecule has 1 aromatic carbocycles. The van der Waals surface area contributed by atoms with Gasteiger partial charge in [-0.05, 0) is 23.8 Å². The molecule has 0 amide bonds. The van der Waals surface area contributed by atoms with E-state index in [0.29, 0.717) is 12.4 Å². The van der Waals surface area contributed by atoms with Crippen molar-refractivity contribution in [2.45, 2.75) is 48.8 Å². The summed E-state index contributed by atoms with van der Waals surface area (Å²) in [5.41, 5.74) is 0.806. The van der Waals surface area contributed by atoms with Crippen molar-refractivity contribution in [2.75, 3.05) is 26.4 Å². The highest BCUT2D eigenvalue weighted by Crippen LogP contribution is 2.30. The summed E-state index contributed by atoms with van der Waals surface area (Å²) in [6.45, 7) is 1.03. The predicted octanol–water partition coefficient (Wildman–Crippen LogP) is -0.324. The van der Waals surface area contributed by atoms with Gasteiger partial charge >= 0.3 is 5.97 Å². The number of ether oxygens (including phenoxy) is 6. The topological polar surface area (TPSA) is 113 Å². The number of hydrogen-bond acceptors (Lipinski definition) is 9. The molecule has 4 aliphatic rings. The van der Waals surface area contributed by atoms with Crippen LogP contribution < -0.4 is 4.74 Å². The Bertz CT molecular complexity index is 794. The quantitative estimate of drug-likeness (QED) is 0.489. The molecule has 4 heterocycles. The van der Waals surface area contributed by atoms with Gasteiger partial charge < -0.3 is 38.6 Å². The van der Waals surface area contributed by atoms with Gasteiger partial charge in [0, 0.05) is 6.08 Å². The summed E-state index contributed by atoms with van der Waals surface area (Å²) in [6, 6.07) is 7.24. The largest absolute Gasteiger partial charge is 0.485 e. The third-order valence-corrected chi connectivity index (χ3v) is 5.81. The summed E-state index contributed by atoms with van der Waals surface area (Å²) < 4.78 is 33.3. The number of carbonyl (C=O) groups is 1. The third kappa shape index (κ3) is 3.84. The lowest BCUT2D eigenvalue weighted by Gasteiger charge is -2.17. The molecule has 5 rings (SSSR count). The highest BCUT2D eigenvalue weighted by Gasteiger charge is 2.49. The van der Waals surface area contributed by atoms with E-state index in [1.807, 2.05) is 12.1 Å². The highest BCUT2D eigenvalue weighted by molar-refractivity contribution is 5.87. The molecule has 0 saturated carbocycles. The number of aliphatic hydroxyl groups excluding tert-OH is 2. The van der Waals surface area contributed by atoms with Gasteiger partial charge in [0.2, 0.25) is 0 Å². The van der Waals surface area contributed by atoms with Crippen LogP contribution in [0.4, 0.5) is 0 Å². The van der Waals surface area contributed by atoms with E-state index < -0.39 is 36.5 Å². The van der Waals surface area contributed by atoms with Crippen molar-refractivity contribution in [2.24, 2.45) is 0 Å². The molecule has 30 heavy (non-hydrogen) atoms. The average Bonchev–Trinajstić information content (AvgIpc) is 3.49. The van der Waals surface area contributed by atoms with Crippen molar-refractivity contribution < 1.29 is 43.4 Å². The van der Waals surface area contributed by atoms with Gasteiger partial charge in [-0.1, -0.05) is 12.1 Å². The van der Waals surface area contributed by atoms with Crippen molar-refractivity contribution in [1.82, 2.24) is 0 Å². The van der Waals surface area contributed by atoms with E-state index in [9.17, 15) is 15.0 Å². The Hall–Kier alpha value is -2.01. The molecular formula is C21H24O9. The Morgan fingerprint density at radius 2 is 1.40 bits per heavy atom. The Morgan fingerprint density at radius 1 is 0.833 bits per heavy atom. The molecule has 0 aliphatic carbocycles. The van der Waals surface area contributed by atoms with Gasteiger partial charge in [-0.3, -0.25) is 0 Å². The van der Waals surface area contributed by atoms with Crippen LogP contribution in [-0.4, -0.2) is 91.4 Å². The predicted molar refractivity (Wildman–Crippen MR) is 101 cm³/mol. The summed E-state index contributed by atoms with van der Waals surface area (Å²) in [6.07, 6.45) is -0.529. The summed E-state index contributed by atoms with van der Waals surface area (Å²) in [4.78, 5) is 12.1. The molecule has 4 fully saturated rings. The second kappa shape index (κ2) is 8.26. The molecule has 4 aliphatic heterocycles. The SMILES string of the molecule is O=C(/C=C/c1ccc(O[C@@H]2COC3C2OC[C@@H]3O)cc1)O[C@H]1COC2C1OC[C@H]2O. The number of aliphatic hydroxyl groups is 2. The van der Waals surface area contributed by atoms with E-state index >= 15 is 0 Å². The molecule has 4 saturated heterocycles. The Labute approximate surface area is 173 Å². The molecular weight excluding hydrogens is 396 g/mol. The number of benzene rings is 1.